The molecule has 0 fully saturated rings. The van der Waals surface area contributed by atoms with Gasteiger partial charge in [-0.25, -0.2) is 9.48 Å². The Morgan fingerprint density at radius 2 is 1.77 bits per heavy atom. The van der Waals surface area contributed by atoms with Crippen LogP contribution in [0.1, 0.15) is 46.6 Å². The predicted octanol–water partition coefficient (Wildman–Crippen LogP) is 6.49. The number of urea groups is 1. The van der Waals surface area contributed by atoms with E-state index in [0.717, 1.165) is 45.3 Å². The molecular formula is C33H33N5O2. The number of amides is 2. The molecule has 0 bridgehead atoms. The summed E-state index contributed by atoms with van der Waals surface area (Å²) in [5, 5.41) is 8.12. The molecule has 0 aliphatic carbocycles. The first kappa shape index (κ1) is 25.5. The molecule has 3 aromatic carbocycles. The zero-order chi connectivity index (χ0) is 27.6. The number of carbonyl (C=O) groups excluding carboxylic acids is 1. The van der Waals surface area contributed by atoms with E-state index >= 15 is 0 Å². The summed E-state index contributed by atoms with van der Waals surface area (Å²) in [6.45, 7) is 7.47. The molecule has 0 saturated carbocycles. The Labute approximate surface area is 234 Å². The number of rotatable bonds is 6. The van der Waals surface area contributed by atoms with Crippen LogP contribution in [-0.2, 0) is 13.1 Å². The fraction of sp³-hybridized carbons (Fsp3) is 0.212. The summed E-state index contributed by atoms with van der Waals surface area (Å²) in [7, 11) is 0. The summed E-state index contributed by atoms with van der Waals surface area (Å²) in [6.07, 6.45) is 2.06. The number of nitrogens with zero attached hydrogens (tertiary/aromatic N) is 4. The van der Waals surface area contributed by atoms with Crippen LogP contribution in [0.25, 0.3) is 11.5 Å². The maximum absolute atomic E-state index is 14.1. The van der Waals surface area contributed by atoms with Crippen LogP contribution in [-0.4, -0.2) is 31.9 Å². The number of benzene rings is 3. The Hall–Kier alpha value is -4.78. The summed E-state index contributed by atoms with van der Waals surface area (Å²) >= 11 is 0. The van der Waals surface area contributed by atoms with E-state index in [-0.39, 0.29) is 12.1 Å². The lowest BCUT2D eigenvalue weighted by atomic mass is 10.0. The van der Waals surface area contributed by atoms with Gasteiger partial charge in [0.2, 0.25) is 0 Å². The van der Waals surface area contributed by atoms with Crippen molar-refractivity contribution < 1.29 is 9.53 Å². The third kappa shape index (κ3) is 4.75. The summed E-state index contributed by atoms with van der Waals surface area (Å²) in [5.41, 5.74) is 7.08. The van der Waals surface area contributed by atoms with Gasteiger partial charge in [-0.2, -0.15) is 5.10 Å². The number of hydrogen-bond donors (Lipinski definition) is 1. The second-order valence-corrected chi connectivity index (χ2v) is 10.1. The van der Waals surface area contributed by atoms with Gasteiger partial charge in [0.05, 0.1) is 36.3 Å². The molecule has 40 heavy (non-hydrogen) atoms. The van der Waals surface area contributed by atoms with E-state index in [1.807, 2.05) is 65.9 Å². The van der Waals surface area contributed by atoms with Gasteiger partial charge < -0.3 is 19.5 Å². The Morgan fingerprint density at radius 3 is 2.55 bits per heavy atom. The van der Waals surface area contributed by atoms with Crippen molar-refractivity contribution in [2.24, 2.45) is 0 Å². The van der Waals surface area contributed by atoms with Gasteiger partial charge in [-0.3, -0.25) is 0 Å². The smallest absolute Gasteiger partial charge is 0.318 e. The molecule has 2 aromatic heterocycles. The van der Waals surface area contributed by atoms with E-state index < -0.39 is 0 Å². The zero-order valence-corrected chi connectivity index (χ0v) is 23.0. The Kier molecular flexibility index (Phi) is 6.86. The summed E-state index contributed by atoms with van der Waals surface area (Å²) in [5.74, 6) is 1.73. The highest BCUT2D eigenvalue weighted by Crippen LogP contribution is 2.39. The standard InChI is InChI=1S/C33H33N5O2/c1-4-40-28-13-8-10-26(20-28)31-30-14-9-19-36(30)32-29(24(3)35-38(32)27-11-6-5-7-12-27)22-37(31)33(39)34-21-25-17-15-23(2)16-18-25/h5-20,31H,4,21-22H2,1-3H3,(H,34,39)/t31-/m1/s1. The van der Waals surface area contributed by atoms with Crippen molar-refractivity contribution in [3.63, 3.8) is 0 Å². The van der Waals surface area contributed by atoms with Crippen molar-refractivity contribution >= 4 is 6.03 Å². The molecular weight excluding hydrogens is 498 g/mol. The van der Waals surface area contributed by atoms with Gasteiger partial charge in [-0.05, 0) is 68.3 Å². The minimum absolute atomic E-state index is 0.139. The maximum atomic E-state index is 14.1. The van der Waals surface area contributed by atoms with Gasteiger partial charge in [0.1, 0.15) is 11.6 Å². The van der Waals surface area contributed by atoms with Crippen LogP contribution < -0.4 is 10.1 Å². The highest BCUT2D eigenvalue weighted by molar-refractivity contribution is 5.76. The molecule has 5 aromatic rings. The largest absolute Gasteiger partial charge is 0.494 e. The number of ether oxygens (including phenoxy) is 1. The monoisotopic (exact) mass is 531 g/mol. The van der Waals surface area contributed by atoms with Crippen molar-refractivity contribution in [2.45, 2.75) is 39.9 Å². The Bertz CT molecular complexity index is 1640. The first-order valence-electron chi connectivity index (χ1n) is 13.7. The average Bonchev–Trinajstić information content (AvgIpc) is 3.53. The predicted molar refractivity (Wildman–Crippen MR) is 156 cm³/mol. The van der Waals surface area contributed by atoms with Crippen LogP contribution in [0.2, 0.25) is 0 Å². The lowest BCUT2D eigenvalue weighted by Gasteiger charge is -2.31. The van der Waals surface area contributed by atoms with Gasteiger partial charge >= 0.3 is 6.03 Å². The topological polar surface area (TPSA) is 64.3 Å². The third-order valence-electron chi connectivity index (χ3n) is 7.40. The molecule has 1 aliphatic heterocycles. The van der Waals surface area contributed by atoms with E-state index in [9.17, 15) is 4.79 Å². The van der Waals surface area contributed by atoms with E-state index in [4.69, 9.17) is 9.84 Å². The van der Waals surface area contributed by atoms with Crippen LogP contribution >= 0.6 is 0 Å². The SMILES string of the molecule is CCOc1cccc([C@@H]2c3cccn3-c3c(c(C)nn3-c3ccccc3)CN2C(=O)NCc2ccc(C)cc2)c1. The zero-order valence-electron chi connectivity index (χ0n) is 23.0. The Morgan fingerprint density at radius 1 is 0.975 bits per heavy atom. The number of carbonyl (C=O) groups is 1. The molecule has 7 nitrogen and oxygen atoms in total. The van der Waals surface area contributed by atoms with Crippen LogP contribution in [0.15, 0.2) is 97.2 Å². The summed E-state index contributed by atoms with van der Waals surface area (Å²) in [6, 6.07) is 30.1. The highest BCUT2D eigenvalue weighted by Gasteiger charge is 2.36. The molecule has 2 amide bonds. The highest BCUT2D eigenvalue weighted by atomic mass is 16.5. The maximum Gasteiger partial charge on any atom is 0.318 e. The van der Waals surface area contributed by atoms with E-state index in [1.54, 1.807) is 0 Å². The van der Waals surface area contributed by atoms with Gasteiger partial charge in [0.25, 0.3) is 0 Å². The molecule has 0 spiro atoms. The van der Waals surface area contributed by atoms with E-state index in [0.29, 0.717) is 19.7 Å². The van der Waals surface area contributed by atoms with Crippen LogP contribution in [0.4, 0.5) is 4.79 Å². The average molecular weight is 532 g/mol. The number of aryl methyl sites for hydroxylation is 2. The summed E-state index contributed by atoms with van der Waals surface area (Å²) in [4.78, 5) is 16.0. The minimum Gasteiger partial charge on any atom is -0.494 e. The van der Waals surface area contributed by atoms with Gasteiger partial charge in [-0.1, -0.05) is 60.2 Å². The number of aromatic nitrogens is 3. The molecule has 0 radical (unpaired) electrons. The first-order chi connectivity index (χ1) is 19.5. The molecule has 3 heterocycles. The fourth-order valence-electron chi connectivity index (χ4n) is 5.43. The van der Waals surface area contributed by atoms with Gasteiger partial charge in [0, 0.05) is 18.3 Å². The Balaban J connectivity index is 1.47. The number of hydrogen-bond acceptors (Lipinski definition) is 3. The van der Waals surface area contributed by atoms with Crippen LogP contribution in [0.5, 0.6) is 5.75 Å². The van der Waals surface area contributed by atoms with Crippen molar-refractivity contribution in [3.8, 4) is 17.3 Å². The summed E-state index contributed by atoms with van der Waals surface area (Å²) < 4.78 is 10.0. The van der Waals surface area contributed by atoms with Crippen molar-refractivity contribution in [2.75, 3.05) is 6.61 Å². The molecule has 1 N–H and O–H groups in total. The second kappa shape index (κ2) is 10.8. The van der Waals surface area contributed by atoms with Crippen LogP contribution in [0.3, 0.4) is 0 Å². The van der Waals surface area contributed by atoms with E-state index in [1.165, 1.54) is 5.56 Å². The third-order valence-corrected chi connectivity index (χ3v) is 7.40. The number of fused-ring (bicyclic) bond motifs is 3. The van der Waals surface area contributed by atoms with Gasteiger partial charge in [-0.15, -0.1) is 0 Å². The molecule has 202 valence electrons. The van der Waals surface area contributed by atoms with E-state index in [2.05, 4.69) is 71.5 Å². The quantitative estimate of drug-likeness (QED) is 0.272. The number of para-hydroxylation sites is 1. The lowest BCUT2D eigenvalue weighted by molar-refractivity contribution is 0.180. The number of nitrogens with one attached hydrogen (secondary N) is 1. The lowest BCUT2D eigenvalue weighted by Crippen LogP contribution is -2.41. The molecule has 1 atom stereocenters. The first-order valence-corrected chi connectivity index (χ1v) is 13.7. The normalized spacial score (nSPS) is 14.3. The van der Waals surface area contributed by atoms with Crippen molar-refractivity contribution in [1.82, 2.24) is 24.6 Å². The molecule has 0 unspecified atom stereocenters. The molecule has 1 aliphatic rings. The molecule has 0 saturated heterocycles. The molecule has 6 rings (SSSR count). The minimum atomic E-state index is -0.343. The van der Waals surface area contributed by atoms with Crippen molar-refractivity contribution in [1.29, 1.82) is 0 Å². The van der Waals surface area contributed by atoms with Gasteiger partial charge in [0.15, 0.2) is 0 Å². The fourth-order valence-corrected chi connectivity index (χ4v) is 5.43. The second-order valence-electron chi connectivity index (χ2n) is 10.1. The molecule has 7 heteroatoms. The van der Waals surface area contributed by atoms with Crippen LogP contribution in [0, 0.1) is 13.8 Å². The van der Waals surface area contributed by atoms with Crippen molar-refractivity contribution in [3.05, 3.63) is 131 Å².